The van der Waals surface area contributed by atoms with Crippen LogP contribution in [-0.4, -0.2) is 11.7 Å². The van der Waals surface area contributed by atoms with Crippen molar-refractivity contribution >= 4 is 61.4 Å². The molecule has 10 aromatic rings. The molecule has 1 aliphatic rings. The highest BCUT2D eigenvalue weighted by atomic mass is 16.3. The second-order valence-corrected chi connectivity index (χ2v) is 15.0. The van der Waals surface area contributed by atoms with Crippen LogP contribution in [0.2, 0.25) is 0 Å². The number of benzene rings is 9. The monoisotopic (exact) mass is 770 g/mol. The van der Waals surface area contributed by atoms with Gasteiger partial charge < -0.3 is 14.6 Å². The van der Waals surface area contributed by atoms with Crippen LogP contribution in [0.3, 0.4) is 0 Å². The van der Waals surface area contributed by atoms with Crippen molar-refractivity contribution in [3.63, 3.8) is 0 Å². The standard InChI is InChI=1S/C55H38N4O/c1-5-16-37(17-6-1)38-28-32-44(33-29-38)59(43-23-11-4-12-24-43)45-34-30-39(31-35-45)48-36-42-22-13-14-25-46(42)51-50-47(26-15-27-49(50)60-52(48)51)55-57-53(40-18-7-2-8-19-40)56-54(58-55)41-20-9-3-10-21-41/h1-36,53H,(H,56,57,58). The zero-order chi connectivity index (χ0) is 39.8. The van der Waals surface area contributed by atoms with E-state index in [2.05, 4.69) is 192 Å². The lowest BCUT2D eigenvalue weighted by atomic mass is 9.94. The van der Waals surface area contributed by atoms with E-state index in [1.807, 2.05) is 36.4 Å². The topological polar surface area (TPSA) is 53.1 Å². The Bertz CT molecular complexity index is 3190. The van der Waals surface area contributed by atoms with E-state index in [-0.39, 0.29) is 6.17 Å². The summed E-state index contributed by atoms with van der Waals surface area (Å²) in [7, 11) is 0. The Morgan fingerprint density at radius 1 is 0.450 bits per heavy atom. The van der Waals surface area contributed by atoms with E-state index in [1.54, 1.807) is 0 Å². The smallest absolute Gasteiger partial charge is 0.159 e. The van der Waals surface area contributed by atoms with Crippen LogP contribution in [0.1, 0.15) is 22.9 Å². The van der Waals surface area contributed by atoms with Gasteiger partial charge in [-0.25, -0.2) is 9.98 Å². The first-order valence-corrected chi connectivity index (χ1v) is 20.3. The lowest BCUT2D eigenvalue weighted by Gasteiger charge is -2.26. The van der Waals surface area contributed by atoms with Gasteiger partial charge in [-0.2, -0.15) is 0 Å². The number of aliphatic imine (C=N–C) groups is 2. The first-order valence-electron chi connectivity index (χ1n) is 20.3. The number of hydrogen-bond acceptors (Lipinski definition) is 5. The molecule has 0 aliphatic carbocycles. The summed E-state index contributed by atoms with van der Waals surface area (Å²) in [6, 6.07) is 76.3. The highest BCUT2D eigenvalue weighted by Gasteiger charge is 2.25. The number of anilines is 3. The van der Waals surface area contributed by atoms with Crippen LogP contribution in [0.15, 0.2) is 233 Å². The van der Waals surface area contributed by atoms with Gasteiger partial charge in [0.05, 0.1) is 0 Å². The normalized spacial score (nSPS) is 13.8. The number of para-hydroxylation sites is 1. The second-order valence-electron chi connectivity index (χ2n) is 15.0. The quantitative estimate of drug-likeness (QED) is 0.167. The molecule has 1 aliphatic heterocycles. The minimum absolute atomic E-state index is 0.314. The summed E-state index contributed by atoms with van der Waals surface area (Å²) in [4.78, 5) is 12.6. The molecule has 0 fully saturated rings. The van der Waals surface area contributed by atoms with Gasteiger partial charge in [-0.1, -0.05) is 170 Å². The SMILES string of the molecule is c1ccc(C2=NC(c3ccccc3)NC(c3cccc4oc5c(-c6ccc(N(c7ccccc7)c7ccc(-c8ccccc8)cc7)cc6)cc6ccccc6c5c34)=N2)cc1. The molecular weight excluding hydrogens is 733 g/mol. The molecule has 0 radical (unpaired) electrons. The van der Waals surface area contributed by atoms with Gasteiger partial charge in [-0.3, -0.25) is 0 Å². The van der Waals surface area contributed by atoms with E-state index in [4.69, 9.17) is 14.4 Å². The van der Waals surface area contributed by atoms with Gasteiger partial charge in [0.25, 0.3) is 0 Å². The summed E-state index contributed by atoms with van der Waals surface area (Å²) in [6.45, 7) is 0. The van der Waals surface area contributed by atoms with Crippen LogP contribution in [0, 0.1) is 0 Å². The molecule has 11 rings (SSSR count). The predicted octanol–water partition coefficient (Wildman–Crippen LogP) is 14.0. The summed E-state index contributed by atoms with van der Waals surface area (Å²) in [5.41, 5.74) is 12.3. The van der Waals surface area contributed by atoms with E-state index >= 15 is 0 Å². The molecule has 5 heteroatoms. The maximum absolute atomic E-state index is 6.94. The summed E-state index contributed by atoms with van der Waals surface area (Å²) >= 11 is 0. The Balaban J connectivity index is 1.04. The number of fused-ring (bicyclic) bond motifs is 5. The summed E-state index contributed by atoms with van der Waals surface area (Å²) in [5.74, 6) is 1.44. The van der Waals surface area contributed by atoms with Crippen LogP contribution in [0.25, 0.3) is 55.0 Å². The van der Waals surface area contributed by atoms with Gasteiger partial charge in [-0.15, -0.1) is 0 Å². The van der Waals surface area contributed by atoms with E-state index < -0.39 is 0 Å². The number of furan rings is 1. The Morgan fingerprint density at radius 2 is 1.02 bits per heavy atom. The van der Waals surface area contributed by atoms with Crippen molar-refractivity contribution in [3.8, 4) is 22.3 Å². The highest BCUT2D eigenvalue weighted by molar-refractivity contribution is 6.28. The number of hydrogen-bond donors (Lipinski definition) is 1. The Labute approximate surface area is 348 Å². The summed E-state index contributed by atoms with van der Waals surface area (Å²) in [5, 5.41) is 8.04. The van der Waals surface area contributed by atoms with Crippen molar-refractivity contribution in [1.29, 1.82) is 0 Å². The fourth-order valence-corrected chi connectivity index (χ4v) is 8.44. The molecule has 1 unspecified atom stereocenters. The molecule has 0 bridgehead atoms. The first-order chi connectivity index (χ1) is 29.7. The molecule has 1 atom stereocenters. The number of rotatable bonds is 8. The van der Waals surface area contributed by atoms with Gasteiger partial charge in [0.15, 0.2) is 5.84 Å². The summed E-state index contributed by atoms with van der Waals surface area (Å²) in [6.07, 6.45) is -0.314. The molecule has 284 valence electrons. The molecule has 9 aromatic carbocycles. The summed E-state index contributed by atoms with van der Waals surface area (Å²) < 4.78 is 6.94. The van der Waals surface area contributed by atoms with Crippen LogP contribution < -0.4 is 10.2 Å². The third kappa shape index (κ3) is 6.39. The van der Waals surface area contributed by atoms with Gasteiger partial charge in [0, 0.05) is 44.5 Å². The maximum Gasteiger partial charge on any atom is 0.159 e. The van der Waals surface area contributed by atoms with Gasteiger partial charge in [0.2, 0.25) is 0 Å². The average molecular weight is 771 g/mol. The largest absolute Gasteiger partial charge is 0.455 e. The zero-order valence-electron chi connectivity index (χ0n) is 32.6. The van der Waals surface area contributed by atoms with Crippen LogP contribution in [-0.2, 0) is 0 Å². The van der Waals surface area contributed by atoms with Gasteiger partial charge >= 0.3 is 0 Å². The first kappa shape index (κ1) is 35.2. The molecule has 60 heavy (non-hydrogen) atoms. The lowest BCUT2D eigenvalue weighted by Crippen LogP contribution is -2.33. The molecule has 0 saturated heterocycles. The van der Waals surface area contributed by atoms with Crippen molar-refractivity contribution in [2.24, 2.45) is 9.98 Å². The van der Waals surface area contributed by atoms with Gasteiger partial charge in [0.1, 0.15) is 23.2 Å². The fraction of sp³-hybridized carbons (Fsp3) is 0.0182. The molecule has 2 heterocycles. The van der Waals surface area contributed by atoms with Crippen molar-refractivity contribution < 1.29 is 4.42 Å². The van der Waals surface area contributed by atoms with E-state index in [0.717, 1.165) is 83.4 Å². The maximum atomic E-state index is 6.94. The van der Waals surface area contributed by atoms with Crippen LogP contribution in [0.5, 0.6) is 0 Å². The molecule has 0 amide bonds. The zero-order valence-corrected chi connectivity index (χ0v) is 32.6. The third-order valence-corrected chi connectivity index (χ3v) is 11.3. The number of nitrogens with zero attached hydrogens (tertiary/aromatic N) is 3. The van der Waals surface area contributed by atoms with E-state index in [9.17, 15) is 0 Å². The van der Waals surface area contributed by atoms with Gasteiger partial charge in [-0.05, 0) is 81.6 Å². The highest BCUT2D eigenvalue weighted by Crippen LogP contribution is 2.44. The van der Waals surface area contributed by atoms with Crippen molar-refractivity contribution in [2.45, 2.75) is 6.17 Å². The molecule has 1 aromatic heterocycles. The minimum Gasteiger partial charge on any atom is -0.455 e. The molecule has 1 N–H and O–H groups in total. The molecular formula is C55H38N4O. The average Bonchev–Trinajstić information content (AvgIpc) is 3.73. The number of nitrogens with one attached hydrogen (secondary N) is 1. The van der Waals surface area contributed by atoms with Crippen LogP contribution >= 0.6 is 0 Å². The van der Waals surface area contributed by atoms with Crippen LogP contribution in [0.4, 0.5) is 17.1 Å². The third-order valence-electron chi connectivity index (χ3n) is 11.3. The van der Waals surface area contributed by atoms with E-state index in [0.29, 0.717) is 5.84 Å². The predicted molar refractivity (Wildman–Crippen MR) is 249 cm³/mol. The second kappa shape index (κ2) is 15.1. The van der Waals surface area contributed by atoms with Crippen molar-refractivity contribution in [2.75, 3.05) is 4.90 Å². The fourth-order valence-electron chi connectivity index (χ4n) is 8.44. The Kier molecular flexibility index (Phi) is 8.82. The minimum atomic E-state index is -0.314. The Morgan fingerprint density at radius 3 is 1.72 bits per heavy atom. The van der Waals surface area contributed by atoms with Crippen molar-refractivity contribution in [1.82, 2.24) is 5.32 Å². The van der Waals surface area contributed by atoms with E-state index in [1.165, 1.54) is 11.1 Å². The molecule has 5 nitrogen and oxygen atoms in total. The molecule has 0 spiro atoms. The lowest BCUT2D eigenvalue weighted by molar-refractivity contribution is 0.669. The molecule has 0 saturated carbocycles. The van der Waals surface area contributed by atoms with Crippen molar-refractivity contribution in [3.05, 3.63) is 235 Å². The number of amidine groups is 2. The Hall–Kier alpha value is -8.02.